The Labute approximate surface area is 97.5 Å². The van der Waals surface area contributed by atoms with Gasteiger partial charge in [-0.1, -0.05) is 48.1 Å². The van der Waals surface area contributed by atoms with E-state index in [-0.39, 0.29) is 16.3 Å². The number of ketones is 1. The van der Waals surface area contributed by atoms with Crippen molar-refractivity contribution in [3.05, 3.63) is 58.0 Å². The molecule has 0 fully saturated rings. The molecule has 4 nitrogen and oxygen atoms in total. The Morgan fingerprint density at radius 3 is 2.69 bits per heavy atom. The third kappa shape index (κ3) is 2.14. The maximum Gasteiger partial charge on any atom is 0.187 e. The zero-order valence-electron chi connectivity index (χ0n) is 8.35. The van der Waals surface area contributed by atoms with Crippen LogP contribution in [0.2, 0.25) is 5.02 Å². The van der Waals surface area contributed by atoms with E-state index in [1.807, 2.05) is 0 Å². The predicted molar refractivity (Wildman–Crippen MR) is 64.9 cm³/mol. The van der Waals surface area contributed by atoms with Gasteiger partial charge in [-0.15, -0.1) is 0 Å². The van der Waals surface area contributed by atoms with Crippen molar-refractivity contribution in [3.63, 3.8) is 0 Å². The molecule has 1 aromatic carbocycles. The Balaban J connectivity index is 3.60. The predicted octanol–water partition coefficient (Wildman–Crippen LogP) is 4.29. The number of hydrogen-bond acceptors (Lipinski definition) is 2. The van der Waals surface area contributed by atoms with Crippen molar-refractivity contribution in [1.29, 1.82) is 0 Å². The highest BCUT2D eigenvalue weighted by atomic mass is 35.5. The van der Waals surface area contributed by atoms with E-state index >= 15 is 0 Å². The molecule has 0 atom stereocenters. The maximum atomic E-state index is 11.6. The van der Waals surface area contributed by atoms with Crippen LogP contribution in [0.25, 0.3) is 16.5 Å². The smallest absolute Gasteiger partial charge is 0.187 e. The molecule has 0 spiro atoms. The second-order valence-corrected chi connectivity index (χ2v) is 3.20. The zero-order valence-corrected chi connectivity index (χ0v) is 9.11. The van der Waals surface area contributed by atoms with Gasteiger partial charge in [0.25, 0.3) is 0 Å². The minimum Gasteiger partial charge on any atom is -0.289 e. The molecule has 0 unspecified atom stereocenters. The highest BCUT2D eigenvalue weighted by molar-refractivity contribution is 6.36. The number of nitrogens with zero attached hydrogens (tertiary/aromatic N) is 3. The van der Waals surface area contributed by atoms with Crippen LogP contribution in [0.5, 0.6) is 0 Å². The first-order chi connectivity index (χ1) is 7.65. The molecule has 0 heterocycles. The Morgan fingerprint density at radius 1 is 1.50 bits per heavy atom. The highest BCUT2D eigenvalue weighted by Gasteiger charge is 2.14. The van der Waals surface area contributed by atoms with Crippen LogP contribution in [0.4, 0.5) is 5.69 Å². The molecule has 0 aromatic heterocycles. The lowest BCUT2D eigenvalue weighted by molar-refractivity contribution is 0.104. The normalized spacial score (nSPS) is 9.06. The van der Waals surface area contributed by atoms with Crippen molar-refractivity contribution < 1.29 is 4.79 Å². The molecule has 0 bridgehead atoms. The van der Waals surface area contributed by atoms with Gasteiger partial charge in [0.05, 0.1) is 16.3 Å². The van der Waals surface area contributed by atoms with E-state index in [1.54, 1.807) is 6.07 Å². The zero-order chi connectivity index (χ0) is 12.1. The van der Waals surface area contributed by atoms with Crippen molar-refractivity contribution >= 4 is 29.1 Å². The highest BCUT2D eigenvalue weighted by Crippen LogP contribution is 2.31. The summed E-state index contributed by atoms with van der Waals surface area (Å²) in [5.41, 5.74) is 9.30. The molecule has 0 N–H and O–H groups in total. The monoisotopic (exact) mass is 233 g/mol. The van der Waals surface area contributed by atoms with E-state index in [9.17, 15) is 4.79 Å². The maximum absolute atomic E-state index is 11.6. The first-order valence-corrected chi connectivity index (χ1v) is 4.70. The molecule has 0 radical (unpaired) electrons. The van der Waals surface area contributed by atoms with E-state index in [0.717, 1.165) is 6.08 Å². The molecule has 1 rings (SSSR count). The van der Waals surface area contributed by atoms with Gasteiger partial charge in [-0.2, -0.15) is 0 Å². The Bertz CT molecular complexity index is 516. The van der Waals surface area contributed by atoms with E-state index in [2.05, 4.69) is 23.2 Å². The Kier molecular flexibility index (Phi) is 3.89. The minimum atomic E-state index is -0.392. The van der Waals surface area contributed by atoms with Crippen LogP contribution in [-0.4, -0.2) is 5.78 Å². The first-order valence-electron chi connectivity index (χ1n) is 4.32. The van der Waals surface area contributed by atoms with E-state index < -0.39 is 5.78 Å². The Morgan fingerprint density at radius 2 is 2.19 bits per heavy atom. The number of carbonyl (C=O) groups is 1. The molecule has 0 saturated heterocycles. The molecule has 16 heavy (non-hydrogen) atoms. The second-order valence-electron chi connectivity index (χ2n) is 2.82. The lowest BCUT2D eigenvalue weighted by Gasteiger charge is -2.07. The number of carbonyl (C=O) groups excluding carboxylic acids is 1. The number of allylic oxidation sites excluding steroid dienone is 1. The summed E-state index contributed by atoms with van der Waals surface area (Å²) < 4.78 is 0. The molecule has 0 aliphatic carbocycles. The molecule has 1 aromatic rings. The fourth-order valence-corrected chi connectivity index (χ4v) is 1.54. The molecular weight excluding hydrogens is 226 g/mol. The lowest BCUT2D eigenvalue weighted by atomic mass is 10.0. The third-order valence-corrected chi connectivity index (χ3v) is 2.36. The fraction of sp³-hybridized carbons (Fsp3) is 0. The fourth-order valence-electron chi connectivity index (χ4n) is 1.21. The van der Waals surface area contributed by atoms with Crippen LogP contribution >= 0.6 is 11.6 Å². The minimum absolute atomic E-state index is 0.145. The molecule has 0 aliphatic rings. The Hall–Kier alpha value is -2.03. The molecule has 0 amide bonds. The van der Waals surface area contributed by atoms with Gasteiger partial charge < -0.3 is 0 Å². The van der Waals surface area contributed by atoms with Gasteiger partial charge in [0, 0.05) is 4.91 Å². The van der Waals surface area contributed by atoms with E-state index in [1.165, 1.54) is 12.1 Å². The molecular formula is C11H8ClN3O. The van der Waals surface area contributed by atoms with Crippen LogP contribution in [0.1, 0.15) is 15.9 Å². The molecule has 0 aliphatic heterocycles. The van der Waals surface area contributed by atoms with Crippen molar-refractivity contribution in [2.75, 3.05) is 0 Å². The van der Waals surface area contributed by atoms with Crippen molar-refractivity contribution in [2.45, 2.75) is 0 Å². The molecule has 0 saturated carbocycles. The van der Waals surface area contributed by atoms with Crippen molar-refractivity contribution in [3.8, 4) is 0 Å². The summed E-state index contributed by atoms with van der Waals surface area (Å²) in [6.07, 6.45) is 2.63. The first kappa shape index (κ1) is 12.0. The van der Waals surface area contributed by atoms with E-state index in [0.29, 0.717) is 5.56 Å². The average Bonchev–Trinajstić information content (AvgIpc) is 2.29. The standard InChI is InChI=1S/C11H8ClN3O/c1-3-7-5-6-8(14-15-13)10(11(7)12)9(16)4-2/h3-6H,1-2H2. The number of halogens is 1. The lowest BCUT2D eigenvalue weighted by Crippen LogP contribution is -1.97. The van der Waals surface area contributed by atoms with E-state index in [4.69, 9.17) is 17.1 Å². The summed E-state index contributed by atoms with van der Waals surface area (Å²) in [7, 11) is 0. The van der Waals surface area contributed by atoms with Gasteiger partial charge >= 0.3 is 0 Å². The number of azide groups is 1. The third-order valence-electron chi connectivity index (χ3n) is 1.95. The van der Waals surface area contributed by atoms with Crippen LogP contribution in [0, 0.1) is 0 Å². The second kappa shape index (κ2) is 5.16. The van der Waals surface area contributed by atoms with Gasteiger partial charge in [0.2, 0.25) is 0 Å². The van der Waals surface area contributed by atoms with Crippen LogP contribution in [-0.2, 0) is 0 Å². The quantitative estimate of drug-likeness (QED) is 0.251. The summed E-state index contributed by atoms with van der Waals surface area (Å²) in [4.78, 5) is 14.2. The molecule has 80 valence electrons. The number of rotatable bonds is 4. The summed E-state index contributed by atoms with van der Waals surface area (Å²) in [6, 6.07) is 3.14. The van der Waals surface area contributed by atoms with Crippen molar-refractivity contribution in [2.24, 2.45) is 5.11 Å². The van der Waals surface area contributed by atoms with Crippen molar-refractivity contribution in [1.82, 2.24) is 0 Å². The van der Waals surface area contributed by atoms with Crippen LogP contribution in [0.15, 0.2) is 36.5 Å². The average molecular weight is 234 g/mol. The summed E-state index contributed by atoms with van der Waals surface area (Å²) >= 11 is 6.00. The molecule has 5 heteroatoms. The van der Waals surface area contributed by atoms with Crippen LogP contribution < -0.4 is 0 Å². The summed E-state index contributed by atoms with van der Waals surface area (Å²) in [6.45, 7) is 6.93. The summed E-state index contributed by atoms with van der Waals surface area (Å²) in [5, 5.41) is 3.62. The van der Waals surface area contributed by atoms with Gasteiger partial charge in [-0.25, -0.2) is 0 Å². The SMILES string of the molecule is C=CC(=O)c1c(N=[N+]=[N-])ccc(C=C)c1Cl. The summed E-state index contributed by atoms with van der Waals surface area (Å²) in [5.74, 6) is -0.392. The van der Waals surface area contributed by atoms with Crippen LogP contribution in [0.3, 0.4) is 0 Å². The van der Waals surface area contributed by atoms with Gasteiger partial charge in [-0.3, -0.25) is 4.79 Å². The largest absolute Gasteiger partial charge is 0.289 e. The number of benzene rings is 1. The van der Waals surface area contributed by atoms with Gasteiger partial charge in [0.15, 0.2) is 5.78 Å². The topological polar surface area (TPSA) is 65.8 Å². The number of hydrogen-bond donors (Lipinski definition) is 0. The van der Waals surface area contributed by atoms with Gasteiger partial charge in [0.1, 0.15) is 0 Å². The van der Waals surface area contributed by atoms with Gasteiger partial charge in [-0.05, 0) is 17.2 Å².